The van der Waals surface area contributed by atoms with Gasteiger partial charge in [0.1, 0.15) is 0 Å². The maximum Gasteiger partial charge on any atom is 0.0615 e. The van der Waals surface area contributed by atoms with Crippen LogP contribution in [0.5, 0.6) is 0 Å². The topological polar surface area (TPSA) is 35.5 Å². The second-order valence-corrected chi connectivity index (χ2v) is 6.49. The maximum atomic E-state index is 9.76. The van der Waals surface area contributed by atoms with Crippen molar-refractivity contribution in [2.45, 2.75) is 70.8 Å². The molecule has 1 aliphatic carbocycles. The molecule has 1 aliphatic rings. The van der Waals surface area contributed by atoms with E-state index in [0.717, 1.165) is 6.42 Å². The summed E-state index contributed by atoms with van der Waals surface area (Å²) in [6.45, 7) is 8.52. The number of unbranched alkanes of at least 4 members (excludes halogenated alkanes) is 2. The highest BCUT2D eigenvalue weighted by atomic mass is 16.3. The van der Waals surface area contributed by atoms with Gasteiger partial charge < -0.3 is 15.3 Å². The van der Waals surface area contributed by atoms with Crippen LogP contribution in [0.1, 0.15) is 65.2 Å². The van der Waals surface area contributed by atoms with E-state index < -0.39 is 0 Å². The molecule has 0 aromatic heterocycles. The summed E-state index contributed by atoms with van der Waals surface area (Å²) >= 11 is 0. The molecule has 120 valence electrons. The van der Waals surface area contributed by atoms with E-state index in [2.05, 4.69) is 24.1 Å². The molecule has 0 aliphatic heterocycles. The Labute approximate surface area is 126 Å². The number of hydrogen-bond acceptors (Lipinski definition) is 3. The lowest BCUT2D eigenvalue weighted by molar-refractivity contribution is 0.117. The van der Waals surface area contributed by atoms with Crippen molar-refractivity contribution >= 4 is 0 Å². The van der Waals surface area contributed by atoms with E-state index in [1.807, 2.05) is 7.05 Å². The fraction of sp³-hybridized carbons (Fsp3) is 1.00. The SMILES string of the molecule is CCCCN(CCCC)CCC1CCCC1(CO)NC. The minimum atomic E-state index is 0.00117. The van der Waals surface area contributed by atoms with Gasteiger partial charge >= 0.3 is 0 Å². The first-order valence-electron chi connectivity index (χ1n) is 8.74. The maximum absolute atomic E-state index is 9.76. The highest BCUT2D eigenvalue weighted by molar-refractivity contribution is 4.98. The zero-order chi connectivity index (χ0) is 14.8. The fourth-order valence-corrected chi connectivity index (χ4v) is 3.62. The second-order valence-electron chi connectivity index (χ2n) is 6.49. The molecule has 0 spiro atoms. The molecular weight excluding hydrogens is 248 g/mol. The van der Waals surface area contributed by atoms with Crippen molar-refractivity contribution in [3.8, 4) is 0 Å². The lowest BCUT2D eigenvalue weighted by Gasteiger charge is -2.35. The van der Waals surface area contributed by atoms with Crippen LogP contribution in [0, 0.1) is 5.92 Å². The van der Waals surface area contributed by atoms with Crippen LogP contribution in [0.15, 0.2) is 0 Å². The van der Waals surface area contributed by atoms with E-state index in [1.165, 1.54) is 64.6 Å². The molecule has 0 saturated heterocycles. The van der Waals surface area contributed by atoms with Gasteiger partial charge in [-0.2, -0.15) is 0 Å². The minimum absolute atomic E-state index is 0.00117. The summed E-state index contributed by atoms with van der Waals surface area (Å²) in [6, 6.07) is 0. The van der Waals surface area contributed by atoms with E-state index >= 15 is 0 Å². The van der Waals surface area contributed by atoms with Gasteiger partial charge in [-0.05, 0) is 64.7 Å². The molecule has 2 N–H and O–H groups in total. The summed E-state index contributed by atoms with van der Waals surface area (Å²) in [5, 5.41) is 13.2. The summed E-state index contributed by atoms with van der Waals surface area (Å²) in [7, 11) is 2.01. The number of rotatable bonds is 11. The molecule has 1 rings (SSSR count). The Hall–Kier alpha value is -0.120. The number of aliphatic hydroxyl groups excluding tert-OH is 1. The molecule has 0 bridgehead atoms. The molecule has 2 atom stereocenters. The number of aliphatic hydroxyl groups is 1. The third kappa shape index (κ3) is 5.01. The molecule has 1 fully saturated rings. The Morgan fingerprint density at radius 2 is 1.80 bits per heavy atom. The molecule has 0 aromatic carbocycles. The quantitative estimate of drug-likeness (QED) is 0.612. The molecular formula is C17H36N2O. The van der Waals surface area contributed by atoms with E-state index in [0.29, 0.717) is 5.92 Å². The number of hydrogen-bond donors (Lipinski definition) is 2. The molecule has 0 heterocycles. The molecule has 0 amide bonds. The lowest BCUT2D eigenvalue weighted by Crippen LogP contribution is -2.50. The second kappa shape index (κ2) is 9.75. The molecule has 3 heteroatoms. The van der Waals surface area contributed by atoms with Gasteiger partial charge in [-0.15, -0.1) is 0 Å². The zero-order valence-electron chi connectivity index (χ0n) is 14.0. The van der Waals surface area contributed by atoms with E-state index in [1.54, 1.807) is 0 Å². The largest absolute Gasteiger partial charge is 0.394 e. The Kier molecular flexibility index (Phi) is 8.74. The van der Waals surface area contributed by atoms with Gasteiger partial charge in [-0.1, -0.05) is 33.1 Å². The molecule has 2 unspecified atom stereocenters. The predicted molar refractivity (Wildman–Crippen MR) is 87.1 cm³/mol. The number of nitrogens with one attached hydrogen (secondary N) is 1. The highest BCUT2D eigenvalue weighted by Crippen LogP contribution is 2.37. The van der Waals surface area contributed by atoms with Crippen LogP contribution in [0.25, 0.3) is 0 Å². The summed E-state index contributed by atoms with van der Waals surface area (Å²) in [6.07, 6.45) is 10.1. The van der Waals surface area contributed by atoms with Gasteiger partial charge in [-0.25, -0.2) is 0 Å². The van der Waals surface area contributed by atoms with Crippen LogP contribution in [0.3, 0.4) is 0 Å². The summed E-state index contributed by atoms with van der Waals surface area (Å²) < 4.78 is 0. The van der Waals surface area contributed by atoms with E-state index in [9.17, 15) is 5.11 Å². The molecule has 3 nitrogen and oxygen atoms in total. The molecule has 0 aromatic rings. The zero-order valence-corrected chi connectivity index (χ0v) is 14.0. The normalized spacial score (nSPS) is 26.6. The Balaban J connectivity index is 2.44. The van der Waals surface area contributed by atoms with Crippen LogP contribution in [-0.4, -0.2) is 48.8 Å². The standard InChI is InChI=1S/C17H36N2O/c1-4-6-12-19(13-7-5-2)14-10-16-9-8-11-17(16,15-20)18-3/h16,18,20H,4-15H2,1-3H3. The van der Waals surface area contributed by atoms with Crippen LogP contribution in [-0.2, 0) is 0 Å². The van der Waals surface area contributed by atoms with Gasteiger partial charge in [0.2, 0.25) is 0 Å². The average molecular weight is 284 g/mol. The van der Waals surface area contributed by atoms with Crippen molar-refractivity contribution in [3.05, 3.63) is 0 Å². The van der Waals surface area contributed by atoms with E-state index in [-0.39, 0.29) is 12.1 Å². The number of nitrogens with zero attached hydrogens (tertiary/aromatic N) is 1. The van der Waals surface area contributed by atoms with Gasteiger partial charge in [0.15, 0.2) is 0 Å². The van der Waals surface area contributed by atoms with Crippen molar-refractivity contribution in [1.82, 2.24) is 10.2 Å². The fourth-order valence-electron chi connectivity index (χ4n) is 3.62. The average Bonchev–Trinajstić information content (AvgIpc) is 2.90. The summed E-state index contributed by atoms with van der Waals surface area (Å²) in [4.78, 5) is 2.64. The van der Waals surface area contributed by atoms with Crippen LogP contribution >= 0.6 is 0 Å². The third-order valence-corrected chi connectivity index (χ3v) is 5.19. The number of likely N-dealkylation sites (N-methyl/N-ethyl adjacent to an activating group) is 1. The van der Waals surface area contributed by atoms with Gasteiger partial charge in [-0.3, -0.25) is 0 Å². The Bertz CT molecular complexity index is 233. The Morgan fingerprint density at radius 3 is 2.30 bits per heavy atom. The van der Waals surface area contributed by atoms with Crippen molar-refractivity contribution in [1.29, 1.82) is 0 Å². The predicted octanol–water partition coefficient (Wildman–Crippen LogP) is 3.03. The van der Waals surface area contributed by atoms with Crippen molar-refractivity contribution in [2.75, 3.05) is 33.3 Å². The van der Waals surface area contributed by atoms with Crippen molar-refractivity contribution in [3.63, 3.8) is 0 Å². The first kappa shape index (κ1) is 17.9. The first-order valence-corrected chi connectivity index (χ1v) is 8.74. The monoisotopic (exact) mass is 284 g/mol. The van der Waals surface area contributed by atoms with Gasteiger partial charge in [0.25, 0.3) is 0 Å². The molecule has 20 heavy (non-hydrogen) atoms. The van der Waals surface area contributed by atoms with E-state index in [4.69, 9.17) is 0 Å². The highest BCUT2D eigenvalue weighted by Gasteiger charge is 2.40. The van der Waals surface area contributed by atoms with Crippen molar-refractivity contribution in [2.24, 2.45) is 5.92 Å². The smallest absolute Gasteiger partial charge is 0.0615 e. The van der Waals surface area contributed by atoms with Crippen LogP contribution < -0.4 is 5.32 Å². The third-order valence-electron chi connectivity index (χ3n) is 5.19. The van der Waals surface area contributed by atoms with Gasteiger partial charge in [0.05, 0.1) is 6.61 Å². The van der Waals surface area contributed by atoms with Crippen LogP contribution in [0.4, 0.5) is 0 Å². The first-order chi connectivity index (χ1) is 9.72. The molecule has 1 saturated carbocycles. The summed E-state index contributed by atoms with van der Waals surface area (Å²) in [5.74, 6) is 0.642. The lowest BCUT2D eigenvalue weighted by atomic mass is 9.85. The summed E-state index contributed by atoms with van der Waals surface area (Å²) in [5.41, 5.74) is 0.00117. The minimum Gasteiger partial charge on any atom is -0.394 e. The molecule has 0 radical (unpaired) electrons. The van der Waals surface area contributed by atoms with Gasteiger partial charge in [0, 0.05) is 5.54 Å². The van der Waals surface area contributed by atoms with Crippen LogP contribution in [0.2, 0.25) is 0 Å². The van der Waals surface area contributed by atoms with Crippen molar-refractivity contribution < 1.29 is 5.11 Å². The Morgan fingerprint density at radius 1 is 1.15 bits per heavy atom.